The molecule has 0 saturated carbocycles. The van der Waals surface area contributed by atoms with Gasteiger partial charge in [0.05, 0.1) is 4.90 Å². The maximum atomic E-state index is 12.1. The van der Waals surface area contributed by atoms with Crippen molar-refractivity contribution in [3.8, 4) is 5.75 Å². The summed E-state index contributed by atoms with van der Waals surface area (Å²) >= 11 is 3.35. The average Bonchev–Trinajstić information content (AvgIpc) is 2.89. The zero-order valence-corrected chi connectivity index (χ0v) is 16.8. The Morgan fingerprint density at radius 1 is 1.19 bits per heavy atom. The van der Waals surface area contributed by atoms with Gasteiger partial charge in [0.15, 0.2) is 0 Å². The van der Waals surface area contributed by atoms with E-state index < -0.39 is 22.0 Å². The number of benzene rings is 2. The minimum atomic E-state index is -3.64. The molecule has 0 amide bonds. The van der Waals surface area contributed by atoms with E-state index in [1.54, 1.807) is 37.3 Å². The van der Waals surface area contributed by atoms with Crippen LogP contribution in [0.25, 0.3) is 0 Å². The second-order valence-corrected chi connectivity index (χ2v) is 8.30. The number of halogens is 1. The Bertz CT molecular complexity index is 991. The van der Waals surface area contributed by atoms with Crippen LogP contribution in [-0.4, -0.2) is 39.5 Å². The van der Waals surface area contributed by atoms with Gasteiger partial charge in [-0.15, -0.1) is 0 Å². The highest BCUT2D eigenvalue weighted by Gasteiger charge is 2.31. The maximum absolute atomic E-state index is 12.1. The molecule has 0 spiro atoms. The van der Waals surface area contributed by atoms with Crippen LogP contribution in [0.4, 0.5) is 0 Å². The van der Waals surface area contributed by atoms with Crippen LogP contribution in [0.3, 0.4) is 0 Å². The van der Waals surface area contributed by atoms with Gasteiger partial charge in [0, 0.05) is 10.0 Å². The van der Waals surface area contributed by atoms with Gasteiger partial charge in [-0.05, 0) is 37.3 Å². The van der Waals surface area contributed by atoms with Gasteiger partial charge >= 0.3 is 5.97 Å². The second-order valence-electron chi connectivity index (χ2n) is 5.73. The minimum absolute atomic E-state index is 0.0584. The normalized spacial score (nSPS) is 17.0. The third-order valence-electron chi connectivity index (χ3n) is 3.72. The Balaban J connectivity index is 1.56. The summed E-state index contributed by atoms with van der Waals surface area (Å²) in [4.78, 5) is 16.4. The number of aliphatic imine (C=N–C) groups is 1. The molecule has 0 saturated heterocycles. The third kappa shape index (κ3) is 4.67. The third-order valence-corrected chi connectivity index (χ3v) is 5.61. The zero-order chi connectivity index (χ0) is 19.4. The number of carbonyl (C=O) groups excluding carboxylic acids is 1. The zero-order valence-electron chi connectivity index (χ0n) is 14.4. The molecule has 142 valence electrons. The van der Waals surface area contributed by atoms with E-state index in [1.165, 1.54) is 6.07 Å². The van der Waals surface area contributed by atoms with E-state index in [0.29, 0.717) is 11.3 Å². The topological polar surface area (TPSA) is 94.1 Å². The van der Waals surface area contributed by atoms with E-state index in [-0.39, 0.29) is 23.9 Å². The second kappa shape index (κ2) is 8.10. The summed E-state index contributed by atoms with van der Waals surface area (Å²) in [6, 6.07) is 12.9. The van der Waals surface area contributed by atoms with Gasteiger partial charge in [0.2, 0.25) is 0 Å². The number of nitrogens with zero attached hydrogens (tertiary/aromatic N) is 1. The Kier molecular flexibility index (Phi) is 5.81. The van der Waals surface area contributed by atoms with E-state index >= 15 is 0 Å². The highest BCUT2D eigenvalue weighted by molar-refractivity contribution is 9.10. The van der Waals surface area contributed by atoms with Crippen molar-refractivity contribution in [2.24, 2.45) is 4.99 Å². The van der Waals surface area contributed by atoms with Gasteiger partial charge in [-0.1, -0.05) is 34.1 Å². The molecule has 0 aliphatic carbocycles. The first-order chi connectivity index (χ1) is 12.9. The summed E-state index contributed by atoms with van der Waals surface area (Å²) in [5.41, 5.74) is 0.440. The van der Waals surface area contributed by atoms with Crippen molar-refractivity contribution >= 4 is 37.8 Å². The largest absolute Gasteiger partial charge is 0.490 e. The van der Waals surface area contributed by atoms with E-state index in [9.17, 15) is 13.2 Å². The Labute approximate surface area is 165 Å². The van der Waals surface area contributed by atoms with Gasteiger partial charge in [0.25, 0.3) is 10.0 Å². The van der Waals surface area contributed by atoms with Crippen molar-refractivity contribution in [3.05, 3.63) is 58.6 Å². The average molecular weight is 453 g/mol. The number of fused-ring (bicyclic) bond motifs is 1. The molecule has 1 atom stereocenters. The standard InChI is InChI=1S/C18H17BrN2O5S/c1-12(18(22)26-10-9-25-14-6-4-5-13(19)11-14)20-17-15-7-2-3-8-16(15)27(23,24)21-17/h2-8,11-12H,9-10H2,1H3,(H,20,21)/t12-/m0/s1. The van der Waals surface area contributed by atoms with Crippen LogP contribution in [0, 0.1) is 0 Å². The number of hydrogen-bond acceptors (Lipinski definition) is 6. The molecule has 0 fully saturated rings. The monoisotopic (exact) mass is 452 g/mol. The predicted molar refractivity (Wildman–Crippen MR) is 103 cm³/mol. The van der Waals surface area contributed by atoms with Crippen molar-refractivity contribution in [1.82, 2.24) is 4.72 Å². The molecule has 9 heteroatoms. The molecule has 2 aromatic carbocycles. The summed E-state index contributed by atoms with van der Waals surface area (Å²) in [5, 5.41) is 0. The number of ether oxygens (including phenoxy) is 2. The number of hydrogen-bond donors (Lipinski definition) is 1. The van der Waals surface area contributed by atoms with Crippen LogP contribution >= 0.6 is 15.9 Å². The van der Waals surface area contributed by atoms with Crippen molar-refractivity contribution < 1.29 is 22.7 Å². The van der Waals surface area contributed by atoms with Crippen LogP contribution in [0.2, 0.25) is 0 Å². The first-order valence-corrected chi connectivity index (χ1v) is 10.4. The molecule has 27 heavy (non-hydrogen) atoms. The summed E-state index contributed by atoms with van der Waals surface area (Å²) in [5.74, 6) is 0.232. The number of nitrogens with one attached hydrogen (secondary N) is 1. The summed E-state index contributed by atoms with van der Waals surface area (Å²) in [6.45, 7) is 1.80. The first-order valence-electron chi connectivity index (χ1n) is 8.12. The van der Waals surface area contributed by atoms with Crippen molar-refractivity contribution in [2.75, 3.05) is 13.2 Å². The van der Waals surface area contributed by atoms with Crippen LogP contribution in [-0.2, 0) is 19.6 Å². The van der Waals surface area contributed by atoms with Crippen LogP contribution in [0.5, 0.6) is 5.75 Å². The Morgan fingerprint density at radius 3 is 2.74 bits per heavy atom. The molecule has 1 aliphatic rings. The number of amidine groups is 1. The molecule has 2 aromatic rings. The van der Waals surface area contributed by atoms with E-state index in [0.717, 1.165) is 4.47 Å². The number of carbonyl (C=O) groups is 1. The fraction of sp³-hybridized carbons (Fsp3) is 0.222. The minimum Gasteiger partial charge on any atom is -0.490 e. The van der Waals surface area contributed by atoms with Gasteiger partial charge in [-0.2, -0.15) is 0 Å². The predicted octanol–water partition coefficient (Wildman–Crippen LogP) is 2.50. The maximum Gasteiger partial charge on any atom is 0.330 e. The molecular formula is C18H17BrN2O5S. The molecule has 7 nitrogen and oxygen atoms in total. The van der Waals surface area contributed by atoms with E-state index in [4.69, 9.17) is 9.47 Å². The van der Waals surface area contributed by atoms with Gasteiger partial charge < -0.3 is 9.47 Å². The smallest absolute Gasteiger partial charge is 0.330 e. The molecule has 1 N–H and O–H groups in total. The summed E-state index contributed by atoms with van der Waals surface area (Å²) in [6.07, 6.45) is 0. The molecular weight excluding hydrogens is 436 g/mol. The van der Waals surface area contributed by atoms with Crippen molar-refractivity contribution in [1.29, 1.82) is 0 Å². The first kappa shape index (κ1) is 19.4. The highest BCUT2D eigenvalue weighted by Crippen LogP contribution is 2.22. The highest BCUT2D eigenvalue weighted by atomic mass is 79.9. The van der Waals surface area contributed by atoms with Gasteiger partial charge in [0.1, 0.15) is 30.8 Å². The van der Waals surface area contributed by atoms with Crippen molar-refractivity contribution in [2.45, 2.75) is 17.9 Å². The molecule has 0 unspecified atom stereocenters. The van der Waals surface area contributed by atoms with Gasteiger partial charge in [-0.3, -0.25) is 9.71 Å². The van der Waals surface area contributed by atoms with E-state index in [2.05, 4.69) is 25.6 Å². The quantitative estimate of drug-likeness (QED) is 0.536. The van der Waals surface area contributed by atoms with Crippen molar-refractivity contribution in [3.63, 3.8) is 0 Å². The fourth-order valence-electron chi connectivity index (χ4n) is 2.46. The molecule has 0 bridgehead atoms. The van der Waals surface area contributed by atoms with Crippen LogP contribution in [0.1, 0.15) is 12.5 Å². The summed E-state index contributed by atoms with van der Waals surface area (Å²) < 4.78 is 38.0. The Hall–Kier alpha value is -2.39. The molecule has 1 heterocycles. The number of esters is 1. The van der Waals surface area contributed by atoms with Crippen LogP contribution < -0.4 is 9.46 Å². The Morgan fingerprint density at radius 2 is 1.96 bits per heavy atom. The SMILES string of the molecule is C[C@H](N=C1NS(=O)(=O)c2ccccc21)C(=O)OCCOc1cccc(Br)c1. The lowest BCUT2D eigenvalue weighted by atomic mass is 10.2. The lowest BCUT2D eigenvalue weighted by Gasteiger charge is -2.10. The van der Waals surface area contributed by atoms with E-state index in [1.807, 2.05) is 12.1 Å². The number of sulfonamides is 1. The molecule has 0 radical (unpaired) electrons. The fourth-order valence-corrected chi connectivity index (χ4v) is 4.07. The molecule has 1 aliphatic heterocycles. The lowest BCUT2D eigenvalue weighted by Crippen LogP contribution is -2.27. The summed E-state index contributed by atoms with van der Waals surface area (Å²) in [7, 11) is -3.64. The molecule has 0 aromatic heterocycles. The number of rotatable bonds is 6. The molecule has 3 rings (SSSR count). The lowest BCUT2D eigenvalue weighted by molar-refractivity contribution is -0.145. The van der Waals surface area contributed by atoms with Crippen LogP contribution in [0.15, 0.2) is 62.9 Å². The van der Waals surface area contributed by atoms with Gasteiger partial charge in [-0.25, -0.2) is 13.2 Å².